The standard InChI is InChI=1S/C11H16N2O3.ClH/c1-15-11(14)9-2-3-10(16-9)13-6-4-8(12)5-7-13;/h2-3,8H,4-7,12H2,1H3;1H. The summed E-state index contributed by atoms with van der Waals surface area (Å²) in [5.74, 6) is 0.514. The van der Waals surface area contributed by atoms with Crippen LogP contribution in [0.25, 0.3) is 0 Å². The Kier molecular flexibility index (Phi) is 4.84. The van der Waals surface area contributed by atoms with Crippen molar-refractivity contribution < 1.29 is 13.9 Å². The number of nitrogens with two attached hydrogens (primary N) is 1. The predicted octanol–water partition coefficient (Wildman–Crippen LogP) is 1.42. The number of piperidine rings is 1. The van der Waals surface area contributed by atoms with Crippen LogP contribution in [-0.4, -0.2) is 32.2 Å². The fourth-order valence-electron chi connectivity index (χ4n) is 1.83. The summed E-state index contributed by atoms with van der Waals surface area (Å²) >= 11 is 0. The van der Waals surface area contributed by atoms with E-state index in [4.69, 9.17) is 10.2 Å². The van der Waals surface area contributed by atoms with Crippen molar-refractivity contribution in [3.05, 3.63) is 17.9 Å². The first-order chi connectivity index (χ1) is 7.70. The summed E-state index contributed by atoms with van der Waals surface area (Å²) in [5, 5.41) is 0. The van der Waals surface area contributed by atoms with Crippen molar-refractivity contribution in [3.8, 4) is 0 Å². The van der Waals surface area contributed by atoms with E-state index in [-0.39, 0.29) is 24.2 Å². The molecule has 1 saturated heterocycles. The average Bonchev–Trinajstić information content (AvgIpc) is 2.78. The monoisotopic (exact) mass is 260 g/mol. The highest BCUT2D eigenvalue weighted by Gasteiger charge is 2.20. The summed E-state index contributed by atoms with van der Waals surface area (Å²) in [7, 11) is 1.34. The topological polar surface area (TPSA) is 68.7 Å². The largest absolute Gasteiger partial charge is 0.463 e. The maximum absolute atomic E-state index is 11.2. The molecule has 2 rings (SSSR count). The molecule has 1 aromatic heterocycles. The molecule has 0 saturated carbocycles. The number of carbonyl (C=O) groups is 1. The smallest absolute Gasteiger partial charge is 0.374 e. The van der Waals surface area contributed by atoms with E-state index in [2.05, 4.69) is 9.64 Å². The Labute approximate surface area is 106 Å². The number of esters is 1. The van der Waals surface area contributed by atoms with Gasteiger partial charge in [0.2, 0.25) is 5.76 Å². The van der Waals surface area contributed by atoms with Crippen molar-refractivity contribution in [2.24, 2.45) is 5.73 Å². The first-order valence-corrected chi connectivity index (χ1v) is 5.39. The van der Waals surface area contributed by atoms with Gasteiger partial charge in [0.1, 0.15) is 0 Å². The van der Waals surface area contributed by atoms with Crippen LogP contribution in [0, 0.1) is 0 Å². The van der Waals surface area contributed by atoms with Gasteiger partial charge in [-0.3, -0.25) is 0 Å². The summed E-state index contributed by atoms with van der Waals surface area (Å²) in [6.45, 7) is 1.74. The van der Waals surface area contributed by atoms with Crippen LogP contribution in [0.3, 0.4) is 0 Å². The molecule has 0 amide bonds. The van der Waals surface area contributed by atoms with Crippen molar-refractivity contribution in [3.63, 3.8) is 0 Å². The Morgan fingerprint density at radius 1 is 1.47 bits per heavy atom. The number of nitrogens with zero attached hydrogens (tertiary/aromatic N) is 1. The van der Waals surface area contributed by atoms with Gasteiger partial charge >= 0.3 is 5.97 Å². The molecule has 0 unspecified atom stereocenters. The maximum Gasteiger partial charge on any atom is 0.374 e. The van der Waals surface area contributed by atoms with Gasteiger partial charge in [-0.2, -0.15) is 0 Å². The predicted molar refractivity (Wildman–Crippen MR) is 66.7 cm³/mol. The Morgan fingerprint density at radius 2 is 2.12 bits per heavy atom. The van der Waals surface area contributed by atoms with Gasteiger partial charge in [0.15, 0.2) is 5.88 Å². The van der Waals surface area contributed by atoms with Gasteiger partial charge in [-0.15, -0.1) is 12.4 Å². The number of methoxy groups -OCH3 is 1. The molecule has 0 spiro atoms. The Bertz CT molecular complexity index is 373. The van der Waals surface area contributed by atoms with E-state index >= 15 is 0 Å². The van der Waals surface area contributed by atoms with E-state index in [1.165, 1.54) is 7.11 Å². The molecule has 6 heteroatoms. The molecule has 2 N–H and O–H groups in total. The van der Waals surface area contributed by atoms with E-state index in [9.17, 15) is 4.79 Å². The molecule has 0 atom stereocenters. The lowest BCUT2D eigenvalue weighted by molar-refractivity contribution is 0.0565. The number of hydrogen-bond donors (Lipinski definition) is 1. The summed E-state index contributed by atoms with van der Waals surface area (Å²) in [6, 6.07) is 3.71. The van der Waals surface area contributed by atoms with Crippen LogP contribution in [-0.2, 0) is 4.74 Å². The van der Waals surface area contributed by atoms with Crippen LogP contribution in [0.2, 0.25) is 0 Å². The van der Waals surface area contributed by atoms with Crippen LogP contribution in [0.4, 0.5) is 5.88 Å². The van der Waals surface area contributed by atoms with Crippen LogP contribution >= 0.6 is 12.4 Å². The molecule has 5 nitrogen and oxygen atoms in total. The second-order valence-electron chi connectivity index (χ2n) is 3.95. The van der Waals surface area contributed by atoms with Crippen molar-refractivity contribution in [2.75, 3.05) is 25.1 Å². The van der Waals surface area contributed by atoms with Crippen molar-refractivity contribution >= 4 is 24.3 Å². The number of anilines is 1. The third kappa shape index (κ3) is 3.14. The normalized spacial score (nSPS) is 16.5. The lowest BCUT2D eigenvalue weighted by atomic mass is 10.1. The highest BCUT2D eigenvalue weighted by Crippen LogP contribution is 2.22. The van der Waals surface area contributed by atoms with E-state index in [0.717, 1.165) is 25.9 Å². The number of halogens is 1. The molecule has 0 radical (unpaired) electrons. The summed E-state index contributed by atoms with van der Waals surface area (Å²) in [4.78, 5) is 13.3. The summed E-state index contributed by atoms with van der Waals surface area (Å²) < 4.78 is 10.0. The third-order valence-corrected chi connectivity index (χ3v) is 2.83. The zero-order chi connectivity index (χ0) is 11.5. The first kappa shape index (κ1) is 13.9. The molecule has 0 aromatic carbocycles. The number of ether oxygens (including phenoxy) is 1. The van der Waals surface area contributed by atoms with E-state index < -0.39 is 5.97 Å². The van der Waals surface area contributed by atoms with Crippen LogP contribution < -0.4 is 10.6 Å². The van der Waals surface area contributed by atoms with Gasteiger partial charge in [0.25, 0.3) is 0 Å². The minimum Gasteiger partial charge on any atom is -0.463 e. The Balaban J connectivity index is 0.00000144. The summed E-state index contributed by atoms with van der Waals surface area (Å²) in [6.07, 6.45) is 1.91. The highest BCUT2D eigenvalue weighted by molar-refractivity contribution is 5.86. The average molecular weight is 261 g/mol. The molecular formula is C11H17ClN2O3. The SMILES string of the molecule is COC(=O)c1ccc(N2CCC(N)CC2)o1.Cl. The van der Waals surface area contributed by atoms with Crippen molar-refractivity contribution in [1.29, 1.82) is 0 Å². The molecule has 0 bridgehead atoms. The molecule has 17 heavy (non-hydrogen) atoms. The van der Waals surface area contributed by atoms with Crippen LogP contribution in [0.1, 0.15) is 23.4 Å². The summed E-state index contributed by atoms with van der Waals surface area (Å²) in [5.41, 5.74) is 5.82. The second kappa shape index (κ2) is 5.93. The molecule has 2 heterocycles. The number of carbonyl (C=O) groups excluding carboxylic acids is 1. The minimum absolute atomic E-state index is 0. The highest BCUT2D eigenvalue weighted by atomic mass is 35.5. The van der Waals surface area contributed by atoms with Gasteiger partial charge in [-0.25, -0.2) is 4.79 Å². The van der Waals surface area contributed by atoms with E-state index in [1.807, 2.05) is 0 Å². The second-order valence-corrected chi connectivity index (χ2v) is 3.95. The van der Waals surface area contributed by atoms with Gasteiger partial charge in [0, 0.05) is 25.2 Å². The third-order valence-electron chi connectivity index (χ3n) is 2.83. The quantitative estimate of drug-likeness (QED) is 0.815. The molecule has 1 fully saturated rings. The Morgan fingerprint density at radius 3 is 2.71 bits per heavy atom. The lowest BCUT2D eigenvalue weighted by Crippen LogP contribution is -2.39. The maximum atomic E-state index is 11.2. The fourth-order valence-corrected chi connectivity index (χ4v) is 1.83. The van der Waals surface area contributed by atoms with Gasteiger partial charge in [-0.05, 0) is 18.9 Å². The molecular weight excluding hydrogens is 244 g/mol. The lowest BCUT2D eigenvalue weighted by Gasteiger charge is -2.29. The van der Waals surface area contributed by atoms with E-state index in [1.54, 1.807) is 12.1 Å². The molecule has 1 aliphatic heterocycles. The molecule has 1 aliphatic rings. The van der Waals surface area contributed by atoms with Gasteiger partial charge in [0.05, 0.1) is 7.11 Å². The van der Waals surface area contributed by atoms with Crippen LogP contribution in [0.5, 0.6) is 0 Å². The van der Waals surface area contributed by atoms with Gasteiger partial charge < -0.3 is 19.8 Å². The number of furan rings is 1. The Hall–Kier alpha value is -1.20. The van der Waals surface area contributed by atoms with Gasteiger partial charge in [-0.1, -0.05) is 0 Å². The van der Waals surface area contributed by atoms with Crippen LogP contribution in [0.15, 0.2) is 16.5 Å². The fraction of sp³-hybridized carbons (Fsp3) is 0.545. The zero-order valence-corrected chi connectivity index (χ0v) is 10.5. The van der Waals surface area contributed by atoms with E-state index in [0.29, 0.717) is 5.88 Å². The minimum atomic E-state index is -0.444. The zero-order valence-electron chi connectivity index (χ0n) is 9.72. The van der Waals surface area contributed by atoms with Crippen molar-refractivity contribution in [2.45, 2.75) is 18.9 Å². The molecule has 1 aromatic rings. The first-order valence-electron chi connectivity index (χ1n) is 5.39. The number of hydrogen-bond acceptors (Lipinski definition) is 5. The van der Waals surface area contributed by atoms with Crippen molar-refractivity contribution in [1.82, 2.24) is 0 Å². The molecule has 96 valence electrons. The molecule has 0 aliphatic carbocycles. The number of rotatable bonds is 2.